The highest BCUT2D eigenvalue weighted by atomic mass is 13.9. The molecule has 104 valence electrons. The Kier molecular flexibility index (Phi) is 10.6. The summed E-state index contributed by atoms with van der Waals surface area (Å²) in [6, 6.07) is 18.8. The van der Waals surface area contributed by atoms with Gasteiger partial charge in [0.25, 0.3) is 0 Å². The van der Waals surface area contributed by atoms with Gasteiger partial charge >= 0.3 is 0 Å². The zero-order valence-electron chi connectivity index (χ0n) is 13.1. The van der Waals surface area contributed by atoms with E-state index >= 15 is 0 Å². The Morgan fingerprint density at radius 2 is 1.16 bits per heavy atom. The van der Waals surface area contributed by atoms with Gasteiger partial charge in [0.2, 0.25) is 0 Å². The van der Waals surface area contributed by atoms with Crippen LogP contribution in [-0.4, -0.2) is 0 Å². The van der Waals surface area contributed by atoms with Crippen molar-refractivity contribution in [2.24, 2.45) is 0 Å². The average Bonchev–Trinajstić information content (AvgIpc) is 2.42. The Morgan fingerprint density at radius 3 is 1.47 bits per heavy atom. The van der Waals surface area contributed by atoms with Crippen LogP contribution in [0.5, 0.6) is 0 Å². The van der Waals surface area contributed by atoms with E-state index in [1.165, 1.54) is 23.1 Å². The normalized spacial score (nSPS) is 8.68. The highest BCUT2D eigenvalue weighted by Gasteiger charge is 1.89. The molecule has 0 unspecified atom stereocenters. The minimum Gasteiger partial charge on any atom is -0.0656 e. The number of benzene rings is 2. The predicted molar refractivity (Wildman–Crippen MR) is 87.7 cm³/mol. The first kappa shape index (κ1) is 17.4. The summed E-state index contributed by atoms with van der Waals surface area (Å²) in [6.45, 7) is 10.7. The Hall–Kier alpha value is -1.56. The topological polar surface area (TPSA) is 0 Å². The van der Waals surface area contributed by atoms with Gasteiger partial charge in [-0.2, -0.15) is 0 Å². The van der Waals surface area contributed by atoms with Crippen molar-refractivity contribution in [2.45, 2.75) is 47.5 Å². The number of rotatable bonds is 1. The fraction of sp³-hybridized carbons (Fsp3) is 0.368. The molecule has 0 atom stereocenters. The second-order valence-electron chi connectivity index (χ2n) is 4.64. The summed E-state index contributed by atoms with van der Waals surface area (Å²) in [6.07, 6.45) is 2.40. The molecular weight excluding hydrogens is 228 g/mol. The molecule has 0 saturated carbocycles. The van der Waals surface area contributed by atoms with Gasteiger partial charge in [0.1, 0.15) is 0 Å². The molecule has 0 nitrogen and oxygen atoms in total. The fourth-order valence-electron chi connectivity index (χ4n) is 1.54. The first-order valence-corrected chi connectivity index (χ1v) is 7.21. The monoisotopic (exact) mass is 256 g/mol. The van der Waals surface area contributed by atoms with Crippen LogP contribution in [0.2, 0.25) is 0 Å². The zero-order valence-corrected chi connectivity index (χ0v) is 13.1. The lowest BCUT2D eigenvalue weighted by Crippen LogP contribution is -1.82. The van der Waals surface area contributed by atoms with E-state index in [-0.39, 0.29) is 0 Å². The van der Waals surface area contributed by atoms with E-state index in [1.807, 2.05) is 18.2 Å². The number of hydrogen-bond acceptors (Lipinski definition) is 0. The van der Waals surface area contributed by atoms with Gasteiger partial charge in [-0.05, 0) is 31.4 Å². The molecule has 0 bridgehead atoms. The molecule has 0 heteroatoms. The lowest BCUT2D eigenvalue weighted by molar-refractivity contribution is 1.09. The second kappa shape index (κ2) is 11.5. The van der Waals surface area contributed by atoms with Crippen LogP contribution in [0.3, 0.4) is 0 Å². The maximum atomic E-state index is 2.18. The van der Waals surface area contributed by atoms with E-state index in [2.05, 4.69) is 71.0 Å². The van der Waals surface area contributed by atoms with Gasteiger partial charge in [-0.1, -0.05) is 87.4 Å². The Labute approximate surface area is 119 Å². The van der Waals surface area contributed by atoms with Gasteiger partial charge < -0.3 is 0 Å². The Morgan fingerprint density at radius 1 is 0.684 bits per heavy atom. The third-order valence-electron chi connectivity index (χ3n) is 2.58. The molecule has 0 saturated heterocycles. The average molecular weight is 256 g/mol. The molecule has 0 aliphatic carbocycles. The molecule has 0 fully saturated rings. The van der Waals surface area contributed by atoms with Gasteiger partial charge in [-0.25, -0.2) is 0 Å². The van der Waals surface area contributed by atoms with Crippen molar-refractivity contribution in [3.8, 4) is 0 Å². The van der Waals surface area contributed by atoms with E-state index in [0.29, 0.717) is 0 Å². The summed E-state index contributed by atoms with van der Waals surface area (Å²) in [7, 11) is 0. The highest BCUT2D eigenvalue weighted by molar-refractivity contribution is 5.25. The smallest absolute Gasteiger partial charge is 0.0305 e. The van der Waals surface area contributed by atoms with E-state index in [9.17, 15) is 0 Å². The molecule has 0 N–H and O–H groups in total. The maximum absolute atomic E-state index is 2.18. The quantitative estimate of drug-likeness (QED) is 0.589. The van der Waals surface area contributed by atoms with E-state index < -0.39 is 0 Å². The van der Waals surface area contributed by atoms with Crippen LogP contribution in [0.15, 0.2) is 54.6 Å². The third kappa shape index (κ3) is 9.07. The van der Waals surface area contributed by atoms with Crippen LogP contribution in [-0.2, 0) is 6.42 Å². The minimum atomic E-state index is 1.15. The van der Waals surface area contributed by atoms with Gasteiger partial charge in [-0.15, -0.1) is 0 Å². The van der Waals surface area contributed by atoms with Crippen LogP contribution >= 0.6 is 0 Å². The van der Waals surface area contributed by atoms with Crippen molar-refractivity contribution in [3.63, 3.8) is 0 Å². The SMILES string of the molecule is CCC.CCc1ccccc1C.Cc1ccccc1. The molecule has 2 rings (SSSR count). The van der Waals surface area contributed by atoms with Gasteiger partial charge in [0, 0.05) is 0 Å². The molecule has 0 aliphatic heterocycles. The highest BCUT2D eigenvalue weighted by Crippen LogP contribution is 2.06. The van der Waals surface area contributed by atoms with E-state index in [4.69, 9.17) is 0 Å². The summed E-state index contributed by atoms with van der Waals surface area (Å²) in [5.41, 5.74) is 4.18. The van der Waals surface area contributed by atoms with Crippen LogP contribution in [0.25, 0.3) is 0 Å². The summed E-state index contributed by atoms with van der Waals surface area (Å²) in [5, 5.41) is 0. The molecular formula is C19H28. The van der Waals surface area contributed by atoms with E-state index in [1.54, 1.807) is 0 Å². The summed E-state index contributed by atoms with van der Waals surface area (Å²) in [4.78, 5) is 0. The molecule has 0 heterocycles. The fourth-order valence-corrected chi connectivity index (χ4v) is 1.54. The molecule has 0 radical (unpaired) electrons. The summed E-state index contributed by atoms with van der Waals surface area (Å²) in [5.74, 6) is 0. The van der Waals surface area contributed by atoms with Crippen molar-refractivity contribution < 1.29 is 0 Å². The molecule has 0 aliphatic rings. The molecule has 2 aromatic carbocycles. The molecule has 0 aromatic heterocycles. The van der Waals surface area contributed by atoms with E-state index in [0.717, 1.165) is 6.42 Å². The van der Waals surface area contributed by atoms with Gasteiger partial charge in [0.05, 0.1) is 0 Å². The number of aryl methyl sites for hydroxylation is 3. The van der Waals surface area contributed by atoms with Crippen molar-refractivity contribution >= 4 is 0 Å². The van der Waals surface area contributed by atoms with Crippen LogP contribution < -0.4 is 0 Å². The molecule has 19 heavy (non-hydrogen) atoms. The van der Waals surface area contributed by atoms with Crippen molar-refractivity contribution in [3.05, 3.63) is 71.3 Å². The number of hydrogen-bond donors (Lipinski definition) is 0. The minimum absolute atomic E-state index is 1.15. The lowest BCUT2D eigenvalue weighted by Gasteiger charge is -1.98. The van der Waals surface area contributed by atoms with Crippen molar-refractivity contribution in [1.29, 1.82) is 0 Å². The van der Waals surface area contributed by atoms with Gasteiger partial charge in [0.15, 0.2) is 0 Å². The van der Waals surface area contributed by atoms with Gasteiger partial charge in [-0.3, -0.25) is 0 Å². The van der Waals surface area contributed by atoms with Crippen LogP contribution in [0.4, 0.5) is 0 Å². The Balaban J connectivity index is 0.000000289. The largest absolute Gasteiger partial charge is 0.0656 e. The first-order valence-electron chi connectivity index (χ1n) is 7.21. The lowest BCUT2D eigenvalue weighted by atomic mass is 10.1. The third-order valence-corrected chi connectivity index (χ3v) is 2.58. The second-order valence-corrected chi connectivity index (χ2v) is 4.64. The van der Waals surface area contributed by atoms with Crippen molar-refractivity contribution in [2.75, 3.05) is 0 Å². The van der Waals surface area contributed by atoms with Crippen LogP contribution in [0.1, 0.15) is 43.9 Å². The predicted octanol–water partition coefficient (Wildman–Crippen LogP) is 5.97. The first-order chi connectivity index (χ1) is 9.15. The molecule has 0 amide bonds. The van der Waals surface area contributed by atoms with Crippen molar-refractivity contribution in [1.82, 2.24) is 0 Å². The summed E-state index contributed by atoms with van der Waals surface area (Å²) < 4.78 is 0. The standard InChI is InChI=1S/C9H12.C7H8.C3H8/c1-3-9-7-5-4-6-8(9)2;1-7-5-3-2-4-6-7;1-3-2/h4-7H,3H2,1-2H3;2-6H,1H3;3H2,1-2H3. The molecule has 2 aromatic rings. The Bertz CT molecular complexity index is 415. The summed E-state index contributed by atoms with van der Waals surface area (Å²) >= 11 is 0. The zero-order chi connectivity index (χ0) is 14.5. The molecule has 0 spiro atoms. The van der Waals surface area contributed by atoms with Crippen LogP contribution in [0, 0.1) is 13.8 Å². The maximum Gasteiger partial charge on any atom is -0.0305 e.